The normalized spacial score (nSPS) is 34.6. The van der Waals surface area contributed by atoms with Crippen molar-refractivity contribution in [3.63, 3.8) is 0 Å². The monoisotopic (exact) mass is 221 g/mol. The third kappa shape index (κ3) is 2.37. The SMILES string of the molecule is CC(C)=CC(=O)C1CC2CCCC(C1)N2C. The molecular weight excluding hydrogens is 198 g/mol. The van der Waals surface area contributed by atoms with Gasteiger partial charge in [0.1, 0.15) is 0 Å². The minimum Gasteiger partial charge on any atom is -0.300 e. The molecule has 2 heterocycles. The minimum atomic E-state index is 0.293. The molecule has 90 valence electrons. The summed E-state index contributed by atoms with van der Waals surface area (Å²) in [5.41, 5.74) is 1.13. The van der Waals surface area contributed by atoms with Crippen LogP contribution in [0.25, 0.3) is 0 Å². The van der Waals surface area contributed by atoms with E-state index in [9.17, 15) is 4.79 Å². The Labute approximate surface area is 98.7 Å². The Kier molecular flexibility index (Phi) is 3.48. The zero-order valence-electron chi connectivity index (χ0n) is 10.7. The number of hydrogen-bond donors (Lipinski definition) is 0. The molecule has 2 heteroatoms. The topological polar surface area (TPSA) is 20.3 Å². The number of allylic oxidation sites excluding steroid dienone is 2. The quantitative estimate of drug-likeness (QED) is 0.668. The second-order valence-electron chi connectivity index (χ2n) is 5.70. The van der Waals surface area contributed by atoms with Gasteiger partial charge in [0.25, 0.3) is 0 Å². The van der Waals surface area contributed by atoms with Crippen molar-refractivity contribution in [3.8, 4) is 0 Å². The number of fused-ring (bicyclic) bond motifs is 2. The van der Waals surface area contributed by atoms with Crippen molar-refractivity contribution in [1.29, 1.82) is 0 Å². The molecule has 2 aliphatic heterocycles. The van der Waals surface area contributed by atoms with Crippen molar-refractivity contribution >= 4 is 5.78 Å². The Morgan fingerprint density at radius 3 is 2.25 bits per heavy atom. The Hall–Kier alpha value is -0.630. The van der Waals surface area contributed by atoms with Crippen LogP contribution >= 0.6 is 0 Å². The first-order valence-electron chi connectivity index (χ1n) is 6.48. The molecule has 0 aliphatic carbocycles. The van der Waals surface area contributed by atoms with Crippen molar-refractivity contribution in [1.82, 2.24) is 4.90 Å². The lowest BCUT2D eigenvalue weighted by Crippen LogP contribution is -2.50. The van der Waals surface area contributed by atoms with Crippen LogP contribution in [0.15, 0.2) is 11.6 Å². The zero-order chi connectivity index (χ0) is 11.7. The van der Waals surface area contributed by atoms with Crippen LogP contribution in [0.5, 0.6) is 0 Å². The molecule has 0 aromatic carbocycles. The first-order chi connectivity index (χ1) is 7.58. The van der Waals surface area contributed by atoms with Gasteiger partial charge in [-0.25, -0.2) is 0 Å². The second-order valence-corrected chi connectivity index (χ2v) is 5.70. The van der Waals surface area contributed by atoms with E-state index in [1.165, 1.54) is 19.3 Å². The van der Waals surface area contributed by atoms with E-state index in [0.717, 1.165) is 18.4 Å². The van der Waals surface area contributed by atoms with Gasteiger partial charge in [0, 0.05) is 18.0 Å². The Morgan fingerprint density at radius 1 is 1.19 bits per heavy atom. The maximum atomic E-state index is 12.1. The highest BCUT2D eigenvalue weighted by Crippen LogP contribution is 2.36. The number of nitrogens with zero attached hydrogens (tertiary/aromatic N) is 1. The molecule has 0 radical (unpaired) electrons. The average Bonchev–Trinajstić information content (AvgIpc) is 2.15. The van der Waals surface area contributed by atoms with Crippen LogP contribution in [-0.2, 0) is 4.79 Å². The highest BCUT2D eigenvalue weighted by Gasteiger charge is 2.37. The summed E-state index contributed by atoms with van der Waals surface area (Å²) in [6.45, 7) is 4.02. The molecule has 16 heavy (non-hydrogen) atoms. The summed E-state index contributed by atoms with van der Waals surface area (Å²) in [6.07, 6.45) is 7.91. The molecule has 2 fully saturated rings. The van der Waals surface area contributed by atoms with Crippen molar-refractivity contribution in [3.05, 3.63) is 11.6 Å². The van der Waals surface area contributed by atoms with Gasteiger partial charge in [-0.3, -0.25) is 4.79 Å². The molecule has 0 saturated carbocycles. The number of piperidine rings is 2. The first kappa shape index (κ1) is 11.8. The first-order valence-corrected chi connectivity index (χ1v) is 6.48. The zero-order valence-corrected chi connectivity index (χ0v) is 10.7. The van der Waals surface area contributed by atoms with Gasteiger partial charge >= 0.3 is 0 Å². The molecule has 2 atom stereocenters. The molecule has 2 unspecified atom stereocenters. The molecule has 0 spiro atoms. The average molecular weight is 221 g/mol. The molecule has 2 nitrogen and oxygen atoms in total. The van der Waals surface area contributed by atoms with Crippen molar-refractivity contribution in [2.24, 2.45) is 5.92 Å². The van der Waals surface area contributed by atoms with Gasteiger partial charge in [0.05, 0.1) is 0 Å². The number of carbonyl (C=O) groups is 1. The van der Waals surface area contributed by atoms with Gasteiger partial charge in [0.15, 0.2) is 5.78 Å². The van der Waals surface area contributed by atoms with E-state index in [-0.39, 0.29) is 0 Å². The lowest BCUT2D eigenvalue weighted by molar-refractivity contribution is -0.121. The fourth-order valence-corrected chi connectivity index (χ4v) is 3.25. The number of ketones is 1. The number of rotatable bonds is 2. The summed E-state index contributed by atoms with van der Waals surface area (Å²) >= 11 is 0. The lowest BCUT2D eigenvalue weighted by atomic mass is 9.77. The Balaban J connectivity index is 2.04. The van der Waals surface area contributed by atoms with E-state index in [2.05, 4.69) is 11.9 Å². The van der Waals surface area contributed by atoms with Gasteiger partial charge < -0.3 is 4.90 Å². The smallest absolute Gasteiger partial charge is 0.158 e. The predicted molar refractivity (Wildman–Crippen MR) is 66.4 cm³/mol. The molecule has 0 N–H and O–H groups in total. The predicted octanol–water partition coefficient (Wildman–Crippen LogP) is 2.78. The number of hydrogen-bond acceptors (Lipinski definition) is 2. The van der Waals surface area contributed by atoms with Crippen molar-refractivity contribution in [2.45, 2.75) is 58.0 Å². The van der Waals surface area contributed by atoms with E-state index >= 15 is 0 Å². The molecule has 0 aromatic rings. The fourth-order valence-electron chi connectivity index (χ4n) is 3.25. The summed E-state index contributed by atoms with van der Waals surface area (Å²) in [5.74, 6) is 0.659. The van der Waals surface area contributed by atoms with Gasteiger partial charge in [-0.1, -0.05) is 12.0 Å². The summed E-state index contributed by atoms with van der Waals surface area (Å²) in [4.78, 5) is 14.6. The highest BCUT2D eigenvalue weighted by atomic mass is 16.1. The molecule has 2 aliphatic rings. The summed E-state index contributed by atoms with van der Waals surface area (Å²) in [5, 5.41) is 0. The van der Waals surface area contributed by atoms with Gasteiger partial charge in [-0.15, -0.1) is 0 Å². The molecule has 2 saturated heterocycles. The van der Waals surface area contributed by atoms with Crippen LogP contribution < -0.4 is 0 Å². The van der Waals surface area contributed by atoms with Crippen LogP contribution in [0.3, 0.4) is 0 Å². The van der Waals surface area contributed by atoms with Gasteiger partial charge in [-0.2, -0.15) is 0 Å². The summed E-state index contributed by atoms with van der Waals surface area (Å²) in [7, 11) is 2.23. The molecule has 0 amide bonds. The van der Waals surface area contributed by atoms with Crippen LogP contribution in [0, 0.1) is 5.92 Å². The van der Waals surface area contributed by atoms with E-state index in [1.54, 1.807) is 0 Å². The van der Waals surface area contributed by atoms with Crippen LogP contribution in [0.4, 0.5) is 0 Å². The fraction of sp³-hybridized carbons (Fsp3) is 0.786. The molecular formula is C14H23NO. The van der Waals surface area contributed by atoms with Gasteiger partial charge in [-0.05, 0) is 52.7 Å². The van der Waals surface area contributed by atoms with Gasteiger partial charge in [0.2, 0.25) is 0 Å². The van der Waals surface area contributed by atoms with Crippen molar-refractivity contribution in [2.75, 3.05) is 7.05 Å². The van der Waals surface area contributed by atoms with Crippen LogP contribution in [0.2, 0.25) is 0 Å². The van der Waals surface area contributed by atoms with E-state index in [4.69, 9.17) is 0 Å². The van der Waals surface area contributed by atoms with E-state index in [0.29, 0.717) is 23.8 Å². The second kappa shape index (κ2) is 4.70. The largest absolute Gasteiger partial charge is 0.300 e. The van der Waals surface area contributed by atoms with Crippen molar-refractivity contribution < 1.29 is 4.79 Å². The maximum absolute atomic E-state index is 12.1. The Bertz CT molecular complexity index is 290. The lowest BCUT2D eigenvalue weighted by Gasteiger charge is -2.46. The summed E-state index contributed by atoms with van der Waals surface area (Å²) < 4.78 is 0. The standard InChI is InChI=1S/C14H23NO/c1-10(2)7-14(16)11-8-12-5-4-6-13(9-11)15(12)3/h7,11-13H,4-6,8-9H2,1-3H3. The van der Waals surface area contributed by atoms with E-state index in [1.807, 2.05) is 19.9 Å². The highest BCUT2D eigenvalue weighted by molar-refractivity contribution is 5.92. The number of carbonyl (C=O) groups excluding carboxylic acids is 1. The molecule has 2 rings (SSSR count). The minimum absolute atomic E-state index is 0.293. The maximum Gasteiger partial charge on any atom is 0.158 e. The third-order valence-corrected chi connectivity index (χ3v) is 4.17. The summed E-state index contributed by atoms with van der Waals surface area (Å²) in [6, 6.07) is 1.32. The van der Waals surface area contributed by atoms with Crippen LogP contribution in [0.1, 0.15) is 46.0 Å². The Morgan fingerprint density at radius 2 is 1.75 bits per heavy atom. The third-order valence-electron chi connectivity index (χ3n) is 4.17. The van der Waals surface area contributed by atoms with E-state index < -0.39 is 0 Å². The molecule has 0 aromatic heterocycles. The van der Waals surface area contributed by atoms with Crippen LogP contribution in [-0.4, -0.2) is 29.8 Å². The molecule has 2 bridgehead atoms.